The van der Waals surface area contributed by atoms with Crippen LogP contribution in [0.25, 0.3) is 0 Å². The maximum Gasteiger partial charge on any atom is 0.304 e. The van der Waals surface area contributed by atoms with Gasteiger partial charge in [-0.05, 0) is 79.8 Å². The van der Waals surface area contributed by atoms with Crippen LogP contribution in [0.2, 0.25) is 10.0 Å². The Morgan fingerprint density at radius 3 is 2.33 bits per heavy atom. The van der Waals surface area contributed by atoms with E-state index in [0.29, 0.717) is 35.7 Å². The molecule has 10 heteroatoms. The van der Waals surface area contributed by atoms with E-state index >= 15 is 0 Å². The Hall–Kier alpha value is -2.13. The van der Waals surface area contributed by atoms with Crippen LogP contribution in [0, 0.1) is 11.3 Å². The number of likely N-dealkylation sites (tertiary alicyclic amines) is 1. The fraction of sp³-hybridized carbons (Fsp3) is 0.533. The van der Waals surface area contributed by atoms with Crippen molar-refractivity contribution in [2.75, 3.05) is 6.54 Å². The molecule has 7 nitrogen and oxygen atoms in total. The molecule has 4 atom stereocenters. The van der Waals surface area contributed by atoms with Gasteiger partial charge in [0.05, 0.1) is 23.1 Å². The number of nitrogens with zero attached hydrogens (tertiary/aromatic N) is 1. The number of benzene rings is 2. The van der Waals surface area contributed by atoms with Crippen molar-refractivity contribution in [3.63, 3.8) is 0 Å². The molecule has 1 heterocycles. The summed E-state index contributed by atoms with van der Waals surface area (Å²) in [6.45, 7) is 1.97. The first-order valence-corrected chi connectivity index (χ1v) is 16.4. The van der Waals surface area contributed by atoms with Crippen LogP contribution in [0.4, 0.5) is 0 Å². The van der Waals surface area contributed by atoms with E-state index in [1.54, 1.807) is 18.2 Å². The molecule has 1 saturated heterocycles. The van der Waals surface area contributed by atoms with Gasteiger partial charge < -0.3 is 10.0 Å². The number of aliphatic carboxylic acids is 1. The summed E-state index contributed by atoms with van der Waals surface area (Å²) in [4.78, 5) is 28.6. The summed E-state index contributed by atoms with van der Waals surface area (Å²) in [5.41, 5.74) is 0.648. The molecule has 2 N–H and O–H groups in total. The first-order valence-electron chi connectivity index (χ1n) is 14.1. The van der Waals surface area contributed by atoms with Gasteiger partial charge in [-0.1, -0.05) is 60.8 Å². The third-order valence-electron chi connectivity index (χ3n) is 9.14. The Labute approximate surface area is 246 Å². The van der Waals surface area contributed by atoms with Crippen molar-refractivity contribution in [3.8, 4) is 0 Å². The van der Waals surface area contributed by atoms with E-state index in [-0.39, 0.29) is 30.7 Å². The molecule has 0 unspecified atom stereocenters. The zero-order valence-electron chi connectivity index (χ0n) is 22.6. The number of carbonyl (C=O) groups excluding carboxylic acids is 1. The van der Waals surface area contributed by atoms with E-state index in [1.165, 1.54) is 0 Å². The summed E-state index contributed by atoms with van der Waals surface area (Å²) in [6, 6.07) is 14.1. The van der Waals surface area contributed by atoms with Gasteiger partial charge in [0.25, 0.3) is 0 Å². The summed E-state index contributed by atoms with van der Waals surface area (Å²) in [5, 5.41) is 10.7. The number of carboxylic acids is 1. The second-order valence-corrected chi connectivity index (χ2v) is 14.5. The minimum absolute atomic E-state index is 0.106. The van der Waals surface area contributed by atoms with Crippen LogP contribution in [0.15, 0.2) is 48.5 Å². The molecule has 2 aliphatic carbocycles. The lowest BCUT2D eigenvalue weighted by molar-refractivity contribution is -0.162. The molecule has 3 fully saturated rings. The predicted octanol–water partition coefficient (Wildman–Crippen LogP) is 6.17. The number of piperidine rings is 1. The smallest absolute Gasteiger partial charge is 0.304 e. The number of nitrogens with one attached hydrogen (secondary N) is 1. The van der Waals surface area contributed by atoms with E-state index < -0.39 is 38.7 Å². The van der Waals surface area contributed by atoms with Gasteiger partial charge in [-0.2, -0.15) is 0 Å². The Morgan fingerprint density at radius 2 is 1.77 bits per heavy atom. The summed E-state index contributed by atoms with van der Waals surface area (Å²) in [5.74, 6) is -1.39. The lowest BCUT2D eigenvalue weighted by Gasteiger charge is -2.53. The minimum Gasteiger partial charge on any atom is -0.481 e. The van der Waals surface area contributed by atoms with Crippen molar-refractivity contribution in [2.45, 2.75) is 81.5 Å². The molecule has 0 bridgehead atoms. The Balaban J connectivity index is 1.64. The largest absolute Gasteiger partial charge is 0.481 e. The summed E-state index contributed by atoms with van der Waals surface area (Å²) in [6.07, 6.45) is 4.35. The maximum absolute atomic E-state index is 14.6. The molecular formula is C30H36Cl2N2O5S. The topological polar surface area (TPSA) is 104 Å². The van der Waals surface area contributed by atoms with Gasteiger partial charge in [0.15, 0.2) is 0 Å². The highest BCUT2D eigenvalue weighted by Crippen LogP contribution is 2.55. The van der Waals surface area contributed by atoms with Crippen LogP contribution in [0.5, 0.6) is 0 Å². The van der Waals surface area contributed by atoms with Crippen LogP contribution in [0.1, 0.15) is 81.4 Å². The first kappa shape index (κ1) is 29.4. The third-order valence-corrected chi connectivity index (χ3v) is 11.5. The number of sulfonamides is 1. The molecule has 3 aliphatic rings. The first-order chi connectivity index (χ1) is 19.0. The van der Waals surface area contributed by atoms with Gasteiger partial charge in [-0.15, -0.1) is 0 Å². The number of amides is 1. The van der Waals surface area contributed by atoms with E-state index in [4.69, 9.17) is 23.2 Å². The van der Waals surface area contributed by atoms with Crippen LogP contribution in [-0.4, -0.2) is 48.1 Å². The Morgan fingerprint density at radius 1 is 1.07 bits per heavy atom. The quantitative estimate of drug-likeness (QED) is 0.318. The van der Waals surface area contributed by atoms with Crippen LogP contribution in [-0.2, 0) is 19.6 Å². The highest BCUT2D eigenvalue weighted by molar-refractivity contribution is 7.90. The van der Waals surface area contributed by atoms with Gasteiger partial charge in [-0.25, -0.2) is 13.1 Å². The lowest BCUT2D eigenvalue weighted by atomic mass is 9.64. The standard InChI is InChI=1S/C30H36Cl2N2O5S/c1-2-30(17-27(35)36)16-25(21-5-3-6-23(32)15-21)28(20-11-13-22(31)14-12-20)34(29(30)37)26(19-9-10-19)18-33-40(38,39)24-7-4-8-24/h3,5-6,11-15,19,24-26,28,33H,2,4,7-10,16-18H2,1H3,(H,35,36)/t25-,26-,28-,30+/m1/s1. The molecule has 2 aromatic carbocycles. The highest BCUT2D eigenvalue weighted by atomic mass is 35.5. The molecule has 0 radical (unpaired) electrons. The fourth-order valence-electron chi connectivity index (χ4n) is 6.49. The summed E-state index contributed by atoms with van der Waals surface area (Å²) in [7, 11) is -3.51. The monoisotopic (exact) mass is 606 g/mol. The van der Waals surface area contributed by atoms with Crippen LogP contribution < -0.4 is 4.72 Å². The highest BCUT2D eigenvalue weighted by Gasteiger charge is 2.55. The number of halogens is 2. The number of rotatable bonds is 11. The number of hydrogen-bond donors (Lipinski definition) is 2. The Kier molecular flexibility index (Phi) is 8.54. The maximum atomic E-state index is 14.6. The molecule has 1 amide bonds. The molecule has 1 aliphatic heterocycles. The average molecular weight is 608 g/mol. The number of carboxylic acid groups (broad SMARTS) is 1. The van der Waals surface area contributed by atoms with Crippen molar-refractivity contribution in [1.29, 1.82) is 0 Å². The van der Waals surface area contributed by atoms with Crippen LogP contribution >= 0.6 is 23.2 Å². The molecule has 40 heavy (non-hydrogen) atoms. The number of hydrogen-bond acceptors (Lipinski definition) is 4. The molecule has 216 valence electrons. The van der Waals surface area contributed by atoms with Crippen molar-refractivity contribution >= 4 is 45.1 Å². The van der Waals surface area contributed by atoms with Crippen molar-refractivity contribution in [2.24, 2.45) is 11.3 Å². The fourth-order valence-corrected chi connectivity index (χ4v) is 8.41. The van der Waals surface area contributed by atoms with Crippen molar-refractivity contribution < 1.29 is 23.1 Å². The second kappa shape index (κ2) is 11.6. The molecular weight excluding hydrogens is 571 g/mol. The van der Waals surface area contributed by atoms with E-state index in [1.807, 2.05) is 42.2 Å². The number of carbonyl (C=O) groups is 2. The lowest BCUT2D eigenvalue weighted by Crippen LogP contribution is -2.60. The zero-order chi connectivity index (χ0) is 28.7. The second-order valence-electron chi connectivity index (χ2n) is 11.6. The predicted molar refractivity (Wildman–Crippen MR) is 156 cm³/mol. The van der Waals surface area contributed by atoms with Gasteiger partial charge in [0.1, 0.15) is 0 Å². The zero-order valence-corrected chi connectivity index (χ0v) is 24.9. The molecule has 2 aromatic rings. The van der Waals surface area contributed by atoms with Gasteiger partial charge in [0, 0.05) is 28.5 Å². The van der Waals surface area contributed by atoms with Crippen molar-refractivity contribution in [1.82, 2.24) is 9.62 Å². The normalized spacial score (nSPS) is 26.4. The molecule has 5 rings (SSSR count). The van der Waals surface area contributed by atoms with Crippen LogP contribution in [0.3, 0.4) is 0 Å². The third kappa shape index (κ3) is 5.91. The van der Waals surface area contributed by atoms with Gasteiger partial charge >= 0.3 is 5.97 Å². The summed E-state index contributed by atoms with van der Waals surface area (Å²) < 4.78 is 28.9. The SMILES string of the molecule is CC[C@@]1(CC(=O)O)C[C@H](c2cccc(Cl)c2)[C@@H](c2ccc(Cl)cc2)N([C@H](CNS(=O)(=O)C2CCC2)C2CC2)C1=O. The van der Waals surface area contributed by atoms with Crippen molar-refractivity contribution in [3.05, 3.63) is 69.7 Å². The minimum atomic E-state index is -3.51. The van der Waals surface area contributed by atoms with E-state index in [9.17, 15) is 23.1 Å². The molecule has 0 aromatic heterocycles. The van der Waals surface area contributed by atoms with Gasteiger partial charge in [0.2, 0.25) is 15.9 Å². The molecule has 2 saturated carbocycles. The van der Waals surface area contributed by atoms with Gasteiger partial charge in [-0.3, -0.25) is 9.59 Å². The average Bonchev–Trinajstić information content (AvgIpc) is 3.70. The summed E-state index contributed by atoms with van der Waals surface area (Å²) >= 11 is 12.7. The van der Waals surface area contributed by atoms with E-state index in [2.05, 4.69) is 4.72 Å². The molecule has 0 spiro atoms. The van der Waals surface area contributed by atoms with E-state index in [0.717, 1.165) is 30.4 Å². The Bertz CT molecular complexity index is 1360.